The first-order chi connectivity index (χ1) is 7.30. The molecule has 0 saturated carbocycles. The Hall–Kier alpha value is -0.840. The second-order valence-corrected chi connectivity index (χ2v) is 4.88. The molecule has 0 aromatic carbocycles. The summed E-state index contributed by atoms with van der Waals surface area (Å²) < 4.78 is 5.17. The number of carbonyl (C=O) groups excluding carboxylic acids is 2. The third-order valence-corrected chi connectivity index (χ3v) is 2.14. The Kier molecular flexibility index (Phi) is 6.33. The molecule has 1 amide bonds. The topological polar surface area (TPSA) is 46.6 Å². The largest absolute Gasteiger partial charge is 0.444 e. The standard InChI is InChI=1S/C11H18BrNO3/c1-5-6-13(8-9(14)7-12)10(15)16-11(2,3)4/h5H,1,6-8H2,2-4H3. The maximum atomic E-state index is 11.7. The molecule has 0 spiro atoms. The summed E-state index contributed by atoms with van der Waals surface area (Å²) in [6.45, 7) is 9.22. The predicted octanol–water partition coefficient (Wildman–Crippen LogP) is 2.37. The molecule has 0 saturated heterocycles. The third kappa shape index (κ3) is 6.61. The van der Waals surface area contributed by atoms with Gasteiger partial charge in [-0.15, -0.1) is 6.58 Å². The quantitative estimate of drug-likeness (QED) is 0.577. The Morgan fingerprint density at radius 2 is 2.00 bits per heavy atom. The van der Waals surface area contributed by atoms with Gasteiger partial charge >= 0.3 is 6.09 Å². The molecule has 0 N–H and O–H groups in total. The molecule has 0 aromatic heterocycles. The molecule has 92 valence electrons. The van der Waals surface area contributed by atoms with Crippen LogP contribution in [-0.2, 0) is 9.53 Å². The average molecular weight is 292 g/mol. The van der Waals surface area contributed by atoms with E-state index in [0.29, 0.717) is 6.54 Å². The van der Waals surface area contributed by atoms with Crippen molar-refractivity contribution < 1.29 is 14.3 Å². The molecule has 0 radical (unpaired) electrons. The van der Waals surface area contributed by atoms with Crippen LogP contribution in [0.15, 0.2) is 12.7 Å². The lowest BCUT2D eigenvalue weighted by molar-refractivity contribution is -0.117. The van der Waals surface area contributed by atoms with Crippen molar-refractivity contribution in [3.05, 3.63) is 12.7 Å². The highest BCUT2D eigenvalue weighted by Gasteiger charge is 2.22. The molecule has 0 fully saturated rings. The molecule has 0 aromatic rings. The van der Waals surface area contributed by atoms with Crippen molar-refractivity contribution >= 4 is 27.8 Å². The summed E-state index contributed by atoms with van der Waals surface area (Å²) in [6.07, 6.45) is 1.06. The lowest BCUT2D eigenvalue weighted by Crippen LogP contribution is -2.40. The number of nitrogens with zero attached hydrogens (tertiary/aromatic N) is 1. The second-order valence-electron chi connectivity index (χ2n) is 4.32. The van der Waals surface area contributed by atoms with Gasteiger partial charge in [-0.25, -0.2) is 4.79 Å². The first-order valence-electron chi connectivity index (χ1n) is 4.96. The van der Waals surface area contributed by atoms with Crippen LogP contribution < -0.4 is 0 Å². The number of Topliss-reactive ketones (excluding diaryl/α,β-unsaturated/α-hetero) is 1. The Balaban J connectivity index is 4.46. The zero-order chi connectivity index (χ0) is 12.8. The Labute approximate surface area is 105 Å². The summed E-state index contributed by atoms with van der Waals surface area (Å²) in [7, 11) is 0. The van der Waals surface area contributed by atoms with E-state index in [-0.39, 0.29) is 17.7 Å². The fraction of sp³-hybridized carbons (Fsp3) is 0.636. The van der Waals surface area contributed by atoms with Gasteiger partial charge in [0.2, 0.25) is 0 Å². The van der Waals surface area contributed by atoms with E-state index in [1.807, 2.05) is 0 Å². The van der Waals surface area contributed by atoms with Crippen LogP contribution in [0.4, 0.5) is 4.79 Å². The molecule has 0 aliphatic carbocycles. The molecule has 5 heteroatoms. The minimum Gasteiger partial charge on any atom is -0.444 e. The van der Waals surface area contributed by atoms with Crippen molar-refractivity contribution in [2.75, 3.05) is 18.4 Å². The summed E-state index contributed by atoms with van der Waals surface area (Å²) in [5.74, 6) is -0.0762. The second kappa shape index (κ2) is 6.68. The Morgan fingerprint density at radius 3 is 2.38 bits per heavy atom. The summed E-state index contributed by atoms with van der Waals surface area (Å²) in [6, 6.07) is 0. The molecule has 0 heterocycles. The first kappa shape index (κ1) is 15.2. The monoisotopic (exact) mass is 291 g/mol. The van der Waals surface area contributed by atoms with E-state index in [9.17, 15) is 9.59 Å². The number of halogens is 1. The molecule has 0 aliphatic rings. The average Bonchev–Trinajstić information content (AvgIpc) is 2.14. The van der Waals surface area contributed by atoms with Gasteiger partial charge in [0.25, 0.3) is 0 Å². The van der Waals surface area contributed by atoms with Crippen molar-refractivity contribution in [1.82, 2.24) is 4.90 Å². The molecule has 16 heavy (non-hydrogen) atoms. The smallest absolute Gasteiger partial charge is 0.410 e. The van der Waals surface area contributed by atoms with Crippen molar-refractivity contribution in [1.29, 1.82) is 0 Å². The molecule has 0 aliphatic heterocycles. The van der Waals surface area contributed by atoms with Gasteiger partial charge in [-0.3, -0.25) is 9.69 Å². The van der Waals surface area contributed by atoms with Gasteiger partial charge < -0.3 is 4.74 Å². The fourth-order valence-electron chi connectivity index (χ4n) is 0.941. The molecule has 0 rings (SSSR count). The van der Waals surface area contributed by atoms with E-state index in [4.69, 9.17) is 4.74 Å². The Bertz CT molecular complexity index is 271. The maximum Gasteiger partial charge on any atom is 0.410 e. The molecule has 0 atom stereocenters. The summed E-state index contributed by atoms with van der Waals surface area (Å²) in [5.41, 5.74) is -0.562. The van der Waals surface area contributed by atoms with Gasteiger partial charge in [0.05, 0.1) is 11.9 Å². The summed E-state index contributed by atoms with van der Waals surface area (Å²) in [5, 5.41) is 0.226. The van der Waals surface area contributed by atoms with Gasteiger partial charge in [-0.2, -0.15) is 0 Å². The number of hydrogen-bond acceptors (Lipinski definition) is 3. The highest BCUT2D eigenvalue weighted by molar-refractivity contribution is 9.09. The summed E-state index contributed by atoms with van der Waals surface area (Å²) in [4.78, 5) is 24.2. The van der Waals surface area contributed by atoms with Gasteiger partial charge in [0.1, 0.15) is 5.60 Å². The van der Waals surface area contributed by atoms with Crippen LogP contribution in [-0.4, -0.2) is 40.8 Å². The number of rotatable bonds is 5. The molecular weight excluding hydrogens is 274 g/mol. The highest BCUT2D eigenvalue weighted by Crippen LogP contribution is 2.10. The highest BCUT2D eigenvalue weighted by atomic mass is 79.9. The van der Waals surface area contributed by atoms with Crippen LogP contribution >= 0.6 is 15.9 Å². The van der Waals surface area contributed by atoms with Gasteiger partial charge in [-0.1, -0.05) is 22.0 Å². The van der Waals surface area contributed by atoms with E-state index in [2.05, 4.69) is 22.5 Å². The van der Waals surface area contributed by atoms with Gasteiger partial charge in [-0.05, 0) is 20.8 Å². The SMILES string of the molecule is C=CCN(CC(=O)CBr)C(=O)OC(C)(C)C. The van der Waals surface area contributed by atoms with Crippen molar-refractivity contribution in [2.45, 2.75) is 26.4 Å². The van der Waals surface area contributed by atoms with Crippen LogP contribution in [0.1, 0.15) is 20.8 Å². The zero-order valence-electron chi connectivity index (χ0n) is 9.96. The number of amides is 1. The molecular formula is C11H18BrNO3. The van der Waals surface area contributed by atoms with Gasteiger partial charge in [0.15, 0.2) is 5.78 Å². The zero-order valence-corrected chi connectivity index (χ0v) is 11.5. The van der Waals surface area contributed by atoms with Crippen LogP contribution in [0.2, 0.25) is 0 Å². The van der Waals surface area contributed by atoms with E-state index in [1.54, 1.807) is 26.8 Å². The van der Waals surface area contributed by atoms with Gasteiger partial charge in [0, 0.05) is 6.54 Å². The van der Waals surface area contributed by atoms with Crippen LogP contribution in [0, 0.1) is 0 Å². The van der Waals surface area contributed by atoms with Crippen molar-refractivity contribution in [3.63, 3.8) is 0 Å². The number of ketones is 1. The van der Waals surface area contributed by atoms with Crippen LogP contribution in [0.25, 0.3) is 0 Å². The molecule has 4 nitrogen and oxygen atoms in total. The predicted molar refractivity (Wildman–Crippen MR) is 66.8 cm³/mol. The van der Waals surface area contributed by atoms with Crippen molar-refractivity contribution in [2.24, 2.45) is 0 Å². The van der Waals surface area contributed by atoms with E-state index in [1.165, 1.54) is 4.90 Å². The number of carbonyl (C=O) groups is 2. The lowest BCUT2D eigenvalue weighted by atomic mass is 10.2. The summed E-state index contributed by atoms with van der Waals surface area (Å²) >= 11 is 3.05. The molecule has 0 bridgehead atoms. The lowest BCUT2D eigenvalue weighted by Gasteiger charge is -2.26. The van der Waals surface area contributed by atoms with Crippen LogP contribution in [0.5, 0.6) is 0 Å². The minimum atomic E-state index is -0.562. The Morgan fingerprint density at radius 1 is 1.44 bits per heavy atom. The minimum absolute atomic E-state index is 0.0339. The van der Waals surface area contributed by atoms with E-state index < -0.39 is 11.7 Å². The third-order valence-electron chi connectivity index (χ3n) is 1.52. The molecule has 0 unspecified atom stereocenters. The van der Waals surface area contributed by atoms with E-state index >= 15 is 0 Å². The normalized spacial score (nSPS) is 10.8. The number of alkyl halides is 1. The first-order valence-corrected chi connectivity index (χ1v) is 6.08. The number of hydrogen-bond donors (Lipinski definition) is 0. The maximum absolute atomic E-state index is 11.7. The van der Waals surface area contributed by atoms with Crippen molar-refractivity contribution in [3.8, 4) is 0 Å². The number of ether oxygens (including phenoxy) is 1. The van der Waals surface area contributed by atoms with Crippen LogP contribution in [0.3, 0.4) is 0 Å². The van der Waals surface area contributed by atoms with E-state index in [0.717, 1.165) is 0 Å². The fourth-order valence-corrected chi connectivity index (χ4v) is 1.12.